The van der Waals surface area contributed by atoms with Crippen molar-refractivity contribution in [1.29, 1.82) is 0 Å². The number of rotatable bonds is 2. The van der Waals surface area contributed by atoms with Crippen LogP contribution in [-0.4, -0.2) is 19.7 Å². The lowest BCUT2D eigenvalue weighted by Gasteiger charge is -2.24. The van der Waals surface area contributed by atoms with Crippen LogP contribution in [0, 0.1) is 0 Å². The Hall–Kier alpha value is -0.980. The van der Waals surface area contributed by atoms with Gasteiger partial charge in [0.15, 0.2) is 5.78 Å². The number of hydrogen-bond donors (Lipinski definition) is 2. The fourth-order valence-electron chi connectivity index (χ4n) is 1.11. The van der Waals surface area contributed by atoms with Crippen LogP contribution < -0.4 is 10.9 Å². The van der Waals surface area contributed by atoms with E-state index in [0.29, 0.717) is 0 Å². The molecule has 1 rings (SSSR count). The number of allylic oxidation sites excluding steroid dienone is 1. The van der Waals surface area contributed by atoms with Crippen molar-refractivity contribution in [3.05, 3.63) is 23.1 Å². The Bertz CT molecular complexity index is 422. The predicted molar refractivity (Wildman–Crippen MR) is 52.5 cm³/mol. The molecule has 0 aromatic rings. The fourth-order valence-corrected chi connectivity index (χ4v) is 1.68. The van der Waals surface area contributed by atoms with Gasteiger partial charge in [-0.25, -0.2) is 13.6 Å². The monoisotopic (exact) mass is 216 g/mol. The third kappa shape index (κ3) is 2.09. The van der Waals surface area contributed by atoms with E-state index in [2.05, 4.69) is 0 Å². The average molecular weight is 216 g/mol. The predicted octanol–water partition coefficient (Wildman–Crippen LogP) is -0.595. The Balaban J connectivity index is 2.98. The van der Waals surface area contributed by atoms with E-state index in [-0.39, 0.29) is 17.1 Å². The van der Waals surface area contributed by atoms with E-state index in [1.807, 2.05) is 0 Å². The smallest absolute Gasteiger partial charge is 0.237 e. The van der Waals surface area contributed by atoms with Gasteiger partial charge in [0.2, 0.25) is 10.0 Å². The molecule has 1 aliphatic carbocycles. The topological polar surface area (TPSA) is 103 Å². The summed E-state index contributed by atoms with van der Waals surface area (Å²) in [6.45, 7) is 1.36. The molecular weight excluding hydrogens is 204 g/mol. The van der Waals surface area contributed by atoms with Crippen LogP contribution >= 0.6 is 0 Å². The third-order valence-electron chi connectivity index (χ3n) is 2.17. The molecule has 0 spiro atoms. The van der Waals surface area contributed by atoms with E-state index in [4.69, 9.17) is 10.9 Å². The number of carbonyl (C=O) groups excluding carboxylic acids is 1. The number of sulfonamides is 1. The molecule has 0 aromatic heterocycles. The highest BCUT2D eigenvalue weighted by molar-refractivity contribution is 7.93. The van der Waals surface area contributed by atoms with Crippen LogP contribution in [-0.2, 0) is 14.8 Å². The van der Waals surface area contributed by atoms with E-state index >= 15 is 0 Å². The Labute approximate surface area is 82.5 Å². The van der Waals surface area contributed by atoms with Gasteiger partial charge in [0.05, 0.1) is 10.4 Å². The first kappa shape index (κ1) is 11.1. The van der Waals surface area contributed by atoms with Crippen LogP contribution in [0.1, 0.15) is 13.3 Å². The summed E-state index contributed by atoms with van der Waals surface area (Å²) < 4.78 is 21.8. The molecule has 0 aromatic carbocycles. The number of ketones is 1. The van der Waals surface area contributed by atoms with Gasteiger partial charge in [0.1, 0.15) is 0 Å². The molecule has 1 atom stereocenters. The molecule has 0 aliphatic heterocycles. The zero-order chi connectivity index (χ0) is 11.0. The molecule has 4 N–H and O–H groups in total. The number of primary sulfonamides is 1. The minimum atomic E-state index is -3.69. The molecule has 0 saturated carbocycles. The maximum Gasteiger partial charge on any atom is 0.237 e. The van der Waals surface area contributed by atoms with Gasteiger partial charge in [0, 0.05) is 0 Å². The van der Waals surface area contributed by atoms with Crippen molar-refractivity contribution in [2.45, 2.75) is 18.9 Å². The van der Waals surface area contributed by atoms with Crippen LogP contribution in [0.4, 0.5) is 0 Å². The molecule has 5 nitrogen and oxygen atoms in total. The number of hydrogen-bond acceptors (Lipinski definition) is 4. The SMILES string of the molecule is CC(=O)C1(N)C=CC(S(N)(=O)=O)=CC1. The number of nitrogens with two attached hydrogens (primary N) is 2. The maximum absolute atomic E-state index is 11.1. The first-order valence-electron chi connectivity index (χ1n) is 3.98. The highest BCUT2D eigenvalue weighted by Crippen LogP contribution is 2.21. The third-order valence-corrected chi connectivity index (χ3v) is 3.13. The summed E-state index contributed by atoms with van der Waals surface area (Å²) in [6.07, 6.45) is 4.15. The van der Waals surface area contributed by atoms with Crippen molar-refractivity contribution in [1.82, 2.24) is 0 Å². The standard InChI is InChI=1S/C8H12N2O3S/c1-6(11)8(9)4-2-7(3-5-8)14(10,12)13/h2-4H,5,9H2,1H3,(H2,10,12,13). The summed E-state index contributed by atoms with van der Waals surface area (Å²) in [5, 5.41) is 4.90. The Morgan fingerprint density at radius 1 is 1.57 bits per heavy atom. The molecule has 14 heavy (non-hydrogen) atoms. The number of Topliss-reactive ketones (excluding diaryl/α,β-unsaturated/α-hetero) is 1. The largest absolute Gasteiger partial charge is 0.316 e. The minimum absolute atomic E-state index is 0.000162. The van der Waals surface area contributed by atoms with Gasteiger partial charge in [-0.05, 0) is 19.4 Å². The molecular formula is C8H12N2O3S. The van der Waals surface area contributed by atoms with Crippen molar-refractivity contribution >= 4 is 15.8 Å². The first-order chi connectivity index (χ1) is 6.26. The van der Waals surface area contributed by atoms with Gasteiger partial charge in [-0.1, -0.05) is 12.2 Å². The summed E-state index contributed by atoms with van der Waals surface area (Å²) >= 11 is 0. The summed E-state index contributed by atoms with van der Waals surface area (Å²) in [5.41, 5.74) is 4.60. The van der Waals surface area contributed by atoms with Crippen molar-refractivity contribution in [3.8, 4) is 0 Å². The highest BCUT2D eigenvalue weighted by atomic mass is 32.2. The molecule has 78 valence electrons. The maximum atomic E-state index is 11.1. The lowest BCUT2D eigenvalue weighted by Crippen LogP contribution is -2.45. The minimum Gasteiger partial charge on any atom is -0.316 e. The second-order valence-corrected chi connectivity index (χ2v) is 4.85. The molecule has 6 heteroatoms. The second-order valence-electron chi connectivity index (χ2n) is 3.29. The van der Waals surface area contributed by atoms with E-state index < -0.39 is 15.6 Å². The Morgan fingerprint density at radius 2 is 2.14 bits per heavy atom. The van der Waals surface area contributed by atoms with Crippen LogP contribution in [0.5, 0.6) is 0 Å². The molecule has 1 aliphatic rings. The summed E-state index contributed by atoms with van der Waals surface area (Å²) in [4.78, 5) is 11.1. The Kier molecular flexibility index (Phi) is 2.62. The van der Waals surface area contributed by atoms with Crippen LogP contribution in [0.15, 0.2) is 23.1 Å². The zero-order valence-electron chi connectivity index (χ0n) is 7.73. The molecule has 0 saturated heterocycles. The molecule has 0 bridgehead atoms. The van der Waals surface area contributed by atoms with Gasteiger partial charge in [-0.2, -0.15) is 0 Å². The molecule has 1 unspecified atom stereocenters. The second kappa shape index (κ2) is 3.30. The lowest BCUT2D eigenvalue weighted by molar-refractivity contribution is -0.120. The van der Waals surface area contributed by atoms with Gasteiger partial charge in [-0.3, -0.25) is 4.79 Å². The summed E-state index contributed by atoms with van der Waals surface area (Å²) in [7, 11) is -3.69. The van der Waals surface area contributed by atoms with E-state index in [1.54, 1.807) is 0 Å². The summed E-state index contributed by atoms with van der Waals surface area (Å²) in [6, 6.07) is 0. The van der Waals surface area contributed by atoms with Crippen LogP contribution in [0.2, 0.25) is 0 Å². The van der Waals surface area contributed by atoms with Crippen molar-refractivity contribution in [3.63, 3.8) is 0 Å². The zero-order valence-corrected chi connectivity index (χ0v) is 8.54. The van der Waals surface area contributed by atoms with Gasteiger partial charge >= 0.3 is 0 Å². The fraction of sp³-hybridized carbons (Fsp3) is 0.375. The van der Waals surface area contributed by atoms with Crippen LogP contribution in [0.3, 0.4) is 0 Å². The molecule has 0 heterocycles. The van der Waals surface area contributed by atoms with Crippen molar-refractivity contribution in [2.75, 3.05) is 0 Å². The van der Waals surface area contributed by atoms with E-state index in [0.717, 1.165) is 0 Å². The first-order valence-corrected chi connectivity index (χ1v) is 5.52. The van der Waals surface area contributed by atoms with Crippen molar-refractivity contribution in [2.24, 2.45) is 10.9 Å². The highest BCUT2D eigenvalue weighted by Gasteiger charge is 2.29. The molecule has 0 fully saturated rings. The molecule has 0 amide bonds. The normalized spacial score (nSPS) is 27.2. The molecule has 0 radical (unpaired) electrons. The van der Waals surface area contributed by atoms with Gasteiger partial charge < -0.3 is 5.73 Å². The Morgan fingerprint density at radius 3 is 2.43 bits per heavy atom. The quantitative estimate of drug-likeness (QED) is 0.643. The number of carbonyl (C=O) groups is 1. The summed E-state index contributed by atoms with van der Waals surface area (Å²) in [5.74, 6) is -0.210. The average Bonchev–Trinajstić information content (AvgIpc) is 2.03. The van der Waals surface area contributed by atoms with E-state index in [1.165, 1.54) is 25.2 Å². The van der Waals surface area contributed by atoms with E-state index in [9.17, 15) is 13.2 Å². The van der Waals surface area contributed by atoms with Gasteiger partial charge in [0.25, 0.3) is 0 Å². The van der Waals surface area contributed by atoms with Gasteiger partial charge in [-0.15, -0.1) is 0 Å². The lowest BCUT2D eigenvalue weighted by atomic mass is 9.89. The van der Waals surface area contributed by atoms with Crippen molar-refractivity contribution < 1.29 is 13.2 Å². The van der Waals surface area contributed by atoms with Crippen LogP contribution in [0.25, 0.3) is 0 Å².